The molecule has 7 heteroatoms. The van der Waals surface area contributed by atoms with Crippen molar-refractivity contribution in [2.24, 2.45) is 0 Å². The predicted molar refractivity (Wildman–Crippen MR) is 140 cm³/mol. The summed E-state index contributed by atoms with van der Waals surface area (Å²) < 4.78 is 16.6. The van der Waals surface area contributed by atoms with Gasteiger partial charge in [-0.15, -0.1) is 0 Å². The van der Waals surface area contributed by atoms with Gasteiger partial charge in [-0.3, -0.25) is 9.59 Å². The molecule has 1 saturated heterocycles. The van der Waals surface area contributed by atoms with E-state index in [-0.39, 0.29) is 11.3 Å². The molecule has 0 saturated carbocycles. The Morgan fingerprint density at radius 3 is 2.38 bits per heavy atom. The molecule has 1 aliphatic heterocycles. The first kappa shape index (κ1) is 26.0. The van der Waals surface area contributed by atoms with Crippen LogP contribution in [0.3, 0.4) is 0 Å². The molecule has 1 heterocycles. The molecule has 0 aliphatic carbocycles. The van der Waals surface area contributed by atoms with E-state index >= 15 is 0 Å². The number of likely N-dealkylation sites (tertiary alicyclic amines) is 1. The van der Waals surface area contributed by atoms with Crippen LogP contribution in [-0.2, 0) is 20.9 Å². The van der Waals surface area contributed by atoms with Crippen molar-refractivity contribution in [2.75, 3.05) is 26.9 Å². The molecule has 1 unspecified atom stereocenters. The Labute approximate surface area is 216 Å². The standard InChI is InChI=1S/C30H31NO6/c1-3-36-24-15-13-22(14-16-24)28(32)26-27(31(17-8-18-35-2)30(34)29(26)33)23-11-7-12-25(19-23)37-20-21-9-5-4-6-10-21/h4-7,9-16,19,27,32H,3,8,17-18,20H2,1-2H3/b28-26+. The molecule has 0 aromatic heterocycles. The second-order valence-electron chi connectivity index (χ2n) is 8.64. The number of benzene rings is 3. The number of Topliss-reactive ketones (excluding diaryl/α,β-unsaturated/α-hetero) is 1. The molecule has 192 valence electrons. The van der Waals surface area contributed by atoms with Crippen molar-refractivity contribution in [3.63, 3.8) is 0 Å². The fourth-order valence-electron chi connectivity index (χ4n) is 4.38. The van der Waals surface area contributed by atoms with Gasteiger partial charge in [0, 0.05) is 25.8 Å². The number of rotatable bonds is 11. The van der Waals surface area contributed by atoms with E-state index in [2.05, 4.69) is 0 Å². The fourth-order valence-corrected chi connectivity index (χ4v) is 4.38. The third-order valence-electron chi connectivity index (χ3n) is 6.15. The maximum absolute atomic E-state index is 13.2. The summed E-state index contributed by atoms with van der Waals surface area (Å²) in [6, 6.07) is 23.1. The second kappa shape index (κ2) is 12.2. The number of ketones is 1. The number of aliphatic hydroxyl groups is 1. The first-order chi connectivity index (χ1) is 18.0. The largest absolute Gasteiger partial charge is 0.507 e. The molecule has 1 atom stereocenters. The average Bonchev–Trinajstić information content (AvgIpc) is 3.18. The number of methoxy groups -OCH3 is 1. The van der Waals surface area contributed by atoms with Gasteiger partial charge < -0.3 is 24.2 Å². The van der Waals surface area contributed by atoms with Crippen LogP contribution in [0.5, 0.6) is 11.5 Å². The Kier molecular flexibility index (Phi) is 8.59. The van der Waals surface area contributed by atoms with Crippen molar-refractivity contribution in [1.82, 2.24) is 4.90 Å². The first-order valence-electron chi connectivity index (χ1n) is 12.3. The third kappa shape index (κ3) is 6.01. The van der Waals surface area contributed by atoms with Crippen molar-refractivity contribution in [3.05, 3.63) is 101 Å². The average molecular weight is 502 g/mol. The second-order valence-corrected chi connectivity index (χ2v) is 8.64. The maximum Gasteiger partial charge on any atom is 0.295 e. The number of carbonyl (C=O) groups is 2. The van der Waals surface area contributed by atoms with Gasteiger partial charge in [0.1, 0.15) is 23.9 Å². The van der Waals surface area contributed by atoms with Gasteiger partial charge in [-0.1, -0.05) is 42.5 Å². The molecule has 0 spiro atoms. The molecule has 3 aromatic carbocycles. The van der Waals surface area contributed by atoms with Crippen LogP contribution in [0.2, 0.25) is 0 Å². The Morgan fingerprint density at radius 2 is 1.68 bits per heavy atom. The zero-order valence-electron chi connectivity index (χ0n) is 21.1. The molecular formula is C30H31NO6. The van der Waals surface area contributed by atoms with Crippen LogP contribution in [0.1, 0.15) is 36.1 Å². The van der Waals surface area contributed by atoms with Gasteiger partial charge in [-0.2, -0.15) is 0 Å². The van der Waals surface area contributed by atoms with E-state index in [1.807, 2.05) is 61.5 Å². The zero-order valence-corrected chi connectivity index (χ0v) is 21.1. The monoisotopic (exact) mass is 501 g/mol. The van der Waals surface area contributed by atoms with Gasteiger partial charge in [0.2, 0.25) is 0 Å². The molecule has 37 heavy (non-hydrogen) atoms. The van der Waals surface area contributed by atoms with Crippen LogP contribution in [0.15, 0.2) is 84.4 Å². The van der Waals surface area contributed by atoms with Crippen molar-refractivity contribution >= 4 is 17.4 Å². The highest BCUT2D eigenvalue weighted by atomic mass is 16.5. The Hall–Kier alpha value is -4.10. The van der Waals surface area contributed by atoms with Gasteiger partial charge in [0.25, 0.3) is 11.7 Å². The normalized spacial score (nSPS) is 16.7. The molecule has 1 amide bonds. The summed E-state index contributed by atoms with van der Waals surface area (Å²) in [6.07, 6.45) is 0.549. The molecule has 0 bridgehead atoms. The number of carbonyl (C=O) groups excluding carboxylic acids is 2. The lowest BCUT2D eigenvalue weighted by atomic mass is 9.95. The van der Waals surface area contributed by atoms with E-state index in [4.69, 9.17) is 14.2 Å². The highest BCUT2D eigenvalue weighted by Gasteiger charge is 2.45. The lowest BCUT2D eigenvalue weighted by Crippen LogP contribution is -2.31. The molecular weight excluding hydrogens is 470 g/mol. The minimum atomic E-state index is -0.760. The van der Waals surface area contributed by atoms with Gasteiger partial charge in [0.05, 0.1) is 18.2 Å². The molecule has 1 fully saturated rings. The van der Waals surface area contributed by atoms with E-state index in [1.165, 1.54) is 4.90 Å². The lowest BCUT2D eigenvalue weighted by Gasteiger charge is -2.25. The summed E-state index contributed by atoms with van der Waals surface area (Å²) in [6.45, 7) is 3.52. The molecule has 4 rings (SSSR count). The van der Waals surface area contributed by atoms with Crippen LogP contribution in [0.4, 0.5) is 0 Å². The van der Waals surface area contributed by atoms with Crippen LogP contribution in [0.25, 0.3) is 5.76 Å². The van der Waals surface area contributed by atoms with E-state index in [1.54, 1.807) is 31.4 Å². The van der Waals surface area contributed by atoms with Crippen molar-refractivity contribution in [1.29, 1.82) is 0 Å². The van der Waals surface area contributed by atoms with E-state index in [0.717, 1.165) is 5.56 Å². The van der Waals surface area contributed by atoms with Gasteiger partial charge in [-0.25, -0.2) is 0 Å². The molecule has 3 aromatic rings. The SMILES string of the molecule is CCOc1ccc(/C(O)=C2\C(=O)C(=O)N(CCCOC)C2c2cccc(OCc3ccccc3)c2)cc1. The summed E-state index contributed by atoms with van der Waals surface area (Å²) in [5.41, 5.74) is 2.18. The summed E-state index contributed by atoms with van der Waals surface area (Å²) in [5.74, 6) is -0.339. The van der Waals surface area contributed by atoms with Crippen LogP contribution in [-0.4, -0.2) is 48.6 Å². The number of amides is 1. The van der Waals surface area contributed by atoms with Gasteiger partial charge >= 0.3 is 0 Å². The predicted octanol–water partition coefficient (Wildman–Crippen LogP) is 5.12. The first-order valence-corrected chi connectivity index (χ1v) is 12.3. The van der Waals surface area contributed by atoms with E-state index < -0.39 is 17.7 Å². The van der Waals surface area contributed by atoms with Crippen LogP contribution >= 0.6 is 0 Å². The Balaban J connectivity index is 1.70. The van der Waals surface area contributed by atoms with Crippen molar-refractivity contribution < 1.29 is 28.9 Å². The van der Waals surface area contributed by atoms with Gasteiger partial charge in [0.15, 0.2) is 0 Å². The Morgan fingerprint density at radius 1 is 0.919 bits per heavy atom. The minimum Gasteiger partial charge on any atom is -0.507 e. The molecule has 7 nitrogen and oxygen atoms in total. The van der Waals surface area contributed by atoms with Crippen LogP contribution < -0.4 is 9.47 Å². The summed E-state index contributed by atoms with van der Waals surface area (Å²) in [4.78, 5) is 27.8. The number of ether oxygens (including phenoxy) is 3. The number of hydrogen-bond donors (Lipinski definition) is 1. The lowest BCUT2D eigenvalue weighted by molar-refractivity contribution is -0.140. The van der Waals surface area contributed by atoms with Crippen LogP contribution in [0, 0.1) is 0 Å². The van der Waals surface area contributed by atoms with E-state index in [9.17, 15) is 14.7 Å². The summed E-state index contributed by atoms with van der Waals surface area (Å²) in [7, 11) is 1.59. The maximum atomic E-state index is 13.2. The molecule has 0 radical (unpaired) electrons. The number of nitrogens with zero attached hydrogens (tertiary/aromatic N) is 1. The Bertz CT molecular complexity index is 1250. The minimum absolute atomic E-state index is 0.0480. The topological polar surface area (TPSA) is 85.3 Å². The smallest absolute Gasteiger partial charge is 0.295 e. The highest BCUT2D eigenvalue weighted by Crippen LogP contribution is 2.40. The highest BCUT2D eigenvalue weighted by molar-refractivity contribution is 6.46. The number of aliphatic hydroxyl groups excluding tert-OH is 1. The van der Waals surface area contributed by atoms with Gasteiger partial charge in [-0.05, 0) is 60.9 Å². The quantitative estimate of drug-likeness (QED) is 0.170. The zero-order chi connectivity index (χ0) is 26.2. The molecule has 1 N–H and O–H groups in total. The third-order valence-corrected chi connectivity index (χ3v) is 6.15. The van der Waals surface area contributed by atoms with Crippen molar-refractivity contribution in [3.8, 4) is 11.5 Å². The summed E-state index contributed by atoms with van der Waals surface area (Å²) in [5, 5.41) is 11.3. The van der Waals surface area contributed by atoms with E-state index in [0.29, 0.717) is 55.4 Å². The molecule has 1 aliphatic rings. The summed E-state index contributed by atoms with van der Waals surface area (Å²) >= 11 is 0. The van der Waals surface area contributed by atoms with Crippen molar-refractivity contribution in [2.45, 2.75) is 26.0 Å². The number of hydrogen-bond acceptors (Lipinski definition) is 6. The fraction of sp³-hybridized carbons (Fsp3) is 0.267.